The minimum atomic E-state index is -0.0798. The number of hydrogen-bond donors (Lipinski definition) is 1. The van der Waals surface area contributed by atoms with E-state index in [1.54, 1.807) is 4.90 Å². The number of thiocarbonyl (C=S) groups is 1. The molecule has 1 amide bonds. The fraction of sp³-hybridized carbons (Fsp3) is 0.385. The molecule has 3 nitrogen and oxygen atoms in total. The van der Waals surface area contributed by atoms with Gasteiger partial charge in [0.05, 0.1) is 16.6 Å². The summed E-state index contributed by atoms with van der Waals surface area (Å²) in [5.41, 5.74) is 7.57. The molecule has 2 rings (SSSR count). The van der Waals surface area contributed by atoms with Gasteiger partial charge in [0, 0.05) is 10.1 Å². The van der Waals surface area contributed by atoms with Crippen LogP contribution in [0.1, 0.15) is 28.8 Å². The lowest BCUT2D eigenvalue weighted by Crippen LogP contribution is -2.43. The number of rotatable bonds is 2. The van der Waals surface area contributed by atoms with Crippen LogP contribution in [-0.4, -0.2) is 28.4 Å². The van der Waals surface area contributed by atoms with Gasteiger partial charge in [-0.15, -0.1) is 0 Å². The number of carbonyl (C=O) groups excluding carboxylic acids is 1. The zero-order chi connectivity index (χ0) is 13.3. The molecule has 18 heavy (non-hydrogen) atoms. The Morgan fingerprint density at radius 2 is 2.28 bits per heavy atom. The maximum absolute atomic E-state index is 12.5. The van der Waals surface area contributed by atoms with Crippen LogP contribution in [-0.2, 0) is 0 Å². The van der Waals surface area contributed by atoms with Crippen molar-refractivity contribution in [3.63, 3.8) is 0 Å². The van der Waals surface area contributed by atoms with Crippen LogP contribution in [0.5, 0.6) is 0 Å². The third kappa shape index (κ3) is 2.51. The second-order valence-corrected chi connectivity index (χ2v) is 6.05. The Hall–Kier alpha value is -0.690. The molecule has 0 saturated carbocycles. The lowest BCUT2D eigenvalue weighted by atomic mass is 10.1. The molecule has 1 aliphatic rings. The van der Waals surface area contributed by atoms with Gasteiger partial charge in [0.2, 0.25) is 0 Å². The number of amides is 1. The van der Waals surface area contributed by atoms with Gasteiger partial charge in [-0.25, -0.2) is 0 Å². The summed E-state index contributed by atoms with van der Waals surface area (Å²) < 4.78 is 1.01. The van der Waals surface area contributed by atoms with Crippen LogP contribution in [0, 0.1) is 10.5 Å². The van der Waals surface area contributed by atoms with Gasteiger partial charge < -0.3 is 10.6 Å². The van der Waals surface area contributed by atoms with E-state index < -0.39 is 0 Å². The van der Waals surface area contributed by atoms with Crippen molar-refractivity contribution in [1.82, 2.24) is 4.90 Å². The highest BCUT2D eigenvalue weighted by atomic mass is 127. The number of benzene rings is 1. The lowest BCUT2D eigenvalue weighted by molar-refractivity contribution is 0.0769. The van der Waals surface area contributed by atoms with Crippen molar-refractivity contribution in [3.05, 3.63) is 32.9 Å². The maximum Gasteiger partial charge on any atom is 0.255 e. The highest BCUT2D eigenvalue weighted by molar-refractivity contribution is 14.1. The molecule has 1 saturated heterocycles. The van der Waals surface area contributed by atoms with Gasteiger partial charge in [-0.2, -0.15) is 0 Å². The molecule has 2 N–H and O–H groups in total. The fourth-order valence-corrected chi connectivity index (χ4v) is 3.11. The summed E-state index contributed by atoms with van der Waals surface area (Å²) >= 11 is 7.26. The molecule has 1 atom stereocenters. The van der Waals surface area contributed by atoms with Gasteiger partial charge in [0.25, 0.3) is 5.91 Å². The number of likely N-dealkylation sites (tertiary alicyclic amines) is 1. The second kappa shape index (κ2) is 5.52. The first kappa shape index (κ1) is 13.7. The molecule has 96 valence electrons. The van der Waals surface area contributed by atoms with E-state index in [1.165, 1.54) is 0 Å². The molecule has 0 aromatic heterocycles. The first-order valence-electron chi connectivity index (χ1n) is 5.87. The normalized spacial score (nSPS) is 19.0. The van der Waals surface area contributed by atoms with E-state index >= 15 is 0 Å². The molecule has 1 aromatic rings. The van der Waals surface area contributed by atoms with Crippen molar-refractivity contribution in [3.8, 4) is 0 Å². The monoisotopic (exact) mass is 374 g/mol. The predicted molar refractivity (Wildman–Crippen MR) is 84.7 cm³/mol. The SMILES string of the molecule is Cc1cccc(C(=O)N2CCCC2C(N)=S)c1I. The topological polar surface area (TPSA) is 46.3 Å². The van der Waals surface area contributed by atoms with Gasteiger partial charge in [-0.1, -0.05) is 24.4 Å². The Kier molecular flexibility index (Phi) is 4.21. The minimum Gasteiger partial charge on any atom is -0.392 e. The standard InChI is InChI=1S/C13H15IN2OS/c1-8-4-2-5-9(11(8)14)13(17)16-7-3-6-10(16)12(15)18/h2,4-5,10H,3,6-7H2,1H3,(H2,15,18). The first-order valence-corrected chi connectivity index (χ1v) is 7.36. The van der Waals surface area contributed by atoms with Crippen molar-refractivity contribution >= 4 is 45.7 Å². The molecule has 1 aromatic carbocycles. The van der Waals surface area contributed by atoms with Gasteiger partial charge in [0.15, 0.2) is 0 Å². The molecule has 0 aliphatic carbocycles. The average Bonchev–Trinajstić information content (AvgIpc) is 2.81. The number of aryl methyl sites for hydroxylation is 1. The van der Waals surface area contributed by atoms with Crippen molar-refractivity contribution in [2.75, 3.05) is 6.54 Å². The highest BCUT2D eigenvalue weighted by Gasteiger charge is 2.31. The summed E-state index contributed by atoms with van der Waals surface area (Å²) in [5, 5.41) is 0. The number of carbonyl (C=O) groups is 1. The van der Waals surface area contributed by atoms with Crippen LogP contribution in [0.2, 0.25) is 0 Å². The summed E-state index contributed by atoms with van der Waals surface area (Å²) in [5.74, 6) is 0.0402. The Balaban J connectivity index is 2.31. The van der Waals surface area contributed by atoms with Crippen molar-refractivity contribution < 1.29 is 4.79 Å². The maximum atomic E-state index is 12.5. The van der Waals surface area contributed by atoms with Crippen LogP contribution >= 0.6 is 34.8 Å². The Morgan fingerprint density at radius 1 is 1.56 bits per heavy atom. The van der Waals surface area contributed by atoms with Gasteiger partial charge in [-0.3, -0.25) is 4.79 Å². The second-order valence-electron chi connectivity index (χ2n) is 4.50. The van der Waals surface area contributed by atoms with E-state index in [2.05, 4.69) is 22.6 Å². The van der Waals surface area contributed by atoms with E-state index in [9.17, 15) is 4.79 Å². The smallest absolute Gasteiger partial charge is 0.255 e. The quantitative estimate of drug-likeness (QED) is 0.639. The van der Waals surface area contributed by atoms with Crippen LogP contribution in [0.4, 0.5) is 0 Å². The molecule has 1 aliphatic heterocycles. The molecular weight excluding hydrogens is 359 g/mol. The van der Waals surface area contributed by atoms with Crippen molar-refractivity contribution in [2.24, 2.45) is 5.73 Å². The number of halogens is 1. The molecule has 0 bridgehead atoms. The van der Waals surface area contributed by atoms with E-state index in [0.717, 1.165) is 34.1 Å². The first-order chi connectivity index (χ1) is 8.52. The molecule has 5 heteroatoms. The Labute approximate surface area is 126 Å². The van der Waals surface area contributed by atoms with Crippen LogP contribution in [0.15, 0.2) is 18.2 Å². The van der Waals surface area contributed by atoms with E-state index in [-0.39, 0.29) is 11.9 Å². The van der Waals surface area contributed by atoms with E-state index in [1.807, 2.05) is 25.1 Å². The number of nitrogens with zero attached hydrogens (tertiary/aromatic N) is 1. The largest absolute Gasteiger partial charge is 0.392 e. The molecule has 1 heterocycles. The van der Waals surface area contributed by atoms with Gasteiger partial charge in [-0.05, 0) is 54.0 Å². The third-order valence-electron chi connectivity index (χ3n) is 3.26. The predicted octanol–water partition coefficient (Wildman–Crippen LogP) is 2.49. The van der Waals surface area contributed by atoms with Crippen LogP contribution in [0.25, 0.3) is 0 Å². The van der Waals surface area contributed by atoms with Crippen LogP contribution in [0.3, 0.4) is 0 Å². The number of nitrogens with two attached hydrogens (primary N) is 1. The summed E-state index contributed by atoms with van der Waals surface area (Å²) in [4.78, 5) is 14.8. The summed E-state index contributed by atoms with van der Waals surface area (Å²) in [7, 11) is 0. The highest BCUT2D eigenvalue weighted by Crippen LogP contribution is 2.24. The zero-order valence-electron chi connectivity index (χ0n) is 10.1. The summed E-state index contributed by atoms with van der Waals surface area (Å²) in [6, 6.07) is 5.71. The zero-order valence-corrected chi connectivity index (χ0v) is 13.1. The molecule has 1 unspecified atom stereocenters. The summed E-state index contributed by atoms with van der Waals surface area (Å²) in [6.45, 7) is 2.75. The average molecular weight is 374 g/mol. The van der Waals surface area contributed by atoms with Crippen molar-refractivity contribution in [2.45, 2.75) is 25.8 Å². The molecular formula is C13H15IN2OS. The Morgan fingerprint density at radius 3 is 2.94 bits per heavy atom. The molecule has 0 spiro atoms. The molecule has 1 fully saturated rings. The minimum absolute atomic E-state index is 0.0402. The van der Waals surface area contributed by atoms with Crippen LogP contribution < -0.4 is 5.73 Å². The number of hydrogen-bond acceptors (Lipinski definition) is 2. The Bertz CT molecular complexity index is 504. The lowest BCUT2D eigenvalue weighted by Gasteiger charge is -2.24. The van der Waals surface area contributed by atoms with Gasteiger partial charge in [0.1, 0.15) is 0 Å². The van der Waals surface area contributed by atoms with Gasteiger partial charge >= 0.3 is 0 Å². The van der Waals surface area contributed by atoms with E-state index in [0.29, 0.717) is 4.99 Å². The summed E-state index contributed by atoms with van der Waals surface area (Å²) in [6.07, 6.45) is 1.85. The van der Waals surface area contributed by atoms with Crippen molar-refractivity contribution in [1.29, 1.82) is 0 Å². The molecule has 0 radical (unpaired) electrons. The fourth-order valence-electron chi connectivity index (χ4n) is 2.27. The van der Waals surface area contributed by atoms with E-state index in [4.69, 9.17) is 18.0 Å². The third-order valence-corrected chi connectivity index (χ3v) is 4.97.